The van der Waals surface area contributed by atoms with Crippen molar-refractivity contribution in [1.82, 2.24) is 0 Å². The second-order valence-corrected chi connectivity index (χ2v) is 6.76. The molecule has 1 aromatic rings. The summed E-state index contributed by atoms with van der Waals surface area (Å²) in [6.45, 7) is 6.58. The van der Waals surface area contributed by atoms with Crippen LogP contribution in [0.15, 0.2) is 52.4 Å². The highest BCUT2D eigenvalue weighted by molar-refractivity contribution is 8.13. The Morgan fingerprint density at radius 2 is 1.89 bits per heavy atom. The molecule has 0 N–H and O–H groups in total. The average molecular weight is 404 g/mol. The van der Waals surface area contributed by atoms with Gasteiger partial charge < -0.3 is 19.1 Å². The Kier molecular flexibility index (Phi) is 8.44. The van der Waals surface area contributed by atoms with Crippen molar-refractivity contribution in [3.63, 3.8) is 0 Å². The molecule has 28 heavy (non-hydrogen) atoms. The number of anilines is 1. The number of allylic oxidation sites excluding steroid dienone is 3. The lowest BCUT2D eigenvalue weighted by Crippen LogP contribution is -2.46. The summed E-state index contributed by atoms with van der Waals surface area (Å²) >= 11 is 1.58. The van der Waals surface area contributed by atoms with E-state index in [2.05, 4.69) is 28.1 Å². The molecule has 1 atom stereocenters. The third-order valence-corrected chi connectivity index (χ3v) is 5.10. The number of hydrogen-bond donors (Lipinski definition) is 0. The first-order valence-corrected chi connectivity index (χ1v) is 10.5. The topological polar surface area (TPSA) is 55.7 Å². The molecule has 2 rings (SSSR count). The van der Waals surface area contributed by atoms with Crippen molar-refractivity contribution in [1.29, 1.82) is 0 Å². The number of rotatable bonds is 8. The summed E-state index contributed by atoms with van der Waals surface area (Å²) in [5.41, 5.74) is 0.803. The Bertz CT molecular complexity index is 765. The van der Waals surface area contributed by atoms with E-state index in [1.165, 1.54) is 0 Å². The van der Waals surface area contributed by atoms with Gasteiger partial charge in [-0.15, -0.1) is 22.0 Å². The molecule has 0 saturated heterocycles. The van der Waals surface area contributed by atoms with Crippen molar-refractivity contribution < 1.29 is 14.2 Å². The summed E-state index contributed by atoms with van der Waals surface area (Å²) in [6, 6.07) is 5.67. The maximum Gasteiger partial charge on any atom is 0.198 e. The van der Waals surface area contributed by atoms with Crippen molar-refractivity contribution in [3.8, 4) is 11.5 Å². The minimum atomic E-state index is -0.0572. The van der Waals surface area contributed by atoms with Gasteiger partial charge >= 0.3 is 0 Å². The Morgan fingerprint density at radius 3 is 2.43 bits per heavy atom. The van der Waals surface area contributed by atoms with Gasteiger partial charge in [0.05, 0.1) is 26.9 Å². The van der Waals surface area contributed by atoms with E-state index in [4.69, 9.17) is 14.2 Å². The summed E-state index contributed by atoms with van der Waals surface area (Å²) in [7, 11) is 3.30. The highest BCUT2D eigenvalue weighted by Crippen LogP contribution is 2.41. The second-order valence-electron chi connectivity index (χ2n) is 5.93. The molecule has 0 fully saturated rings. The van der Waals surface area contributed by atoms with E-state index in [0.717, 1.165) is 17.2 Å². The van der Waals surface area contributed by atoms with Crippen LogP contribution in [0.4, 0.5) is 5.69 Å². The fraction of sp³-hybridized carbons (Fsp3) is 0.429. The van der Waals surface area contributed by atoms with Crippen LogP contribution in [0.3, 0.4) is 0 Å². The number of benzene rings is 1. The Balaban J connectivity index is 2.66. The van der Waals surface area contributed by atoms with Crippen LogP contribution in [0, 0.1) is 0 Å². The normalized spacial score (nSPS) is 17.4. The fourth-order valence-electron chi connectivity index (χ4n) is 2.95. The zero-order valence-corrected chi connectivity index (χ0v) is 18.2. The minimum Gasteiger partial charge on any atom is -0.494 e. The third kappa shape index (κ3) is 4.70. The molecular formula is C21H29N3O3S. The van der Waals surface area contributed by atoms with E-state index < -0.39 is 0 Å². The molecule has 6 nitrogen and oxygen atoms in total. The zero-order chi connectivity index (χ0) is 20.5. The molecule has 1 unspecified atom stereocenters. The average Bonchev–Trinajstić information content (AvgIpc) is 2.72. The molecule has 1 aliphatic rings. The van der Waals surface area contributed by atoms with Gasteiger partial charge in [-0.05, 0) is 51.7 Å². The number of amidine groups is 1. The smallest absolute Gasteiger partial charge is 0.198 e. The van der Waals surface area contributed by atoms with Crippen LogP contribution in [-0.2, 0) is 4.74 Å². The molecule has 0 amide bonds. The molecule has 0 radical (unpaired) electrons. The first-order chi connectivity index (χ1) is 13.6. The lowest BCUT2D eigenvalue weighted by atomic mass is 10.1. The lowest BCUT2D eigenvalue weighted by molar-refractivity contribution is 0.247. The van der Waals surface area contributed by atoms with Crippen molar-refractivity contribution in [2.75, 3.05) is 32.0 Å². The van der Waals surface area contributed by atoms with E-state index in [-0.39, 0.29) is 6.04 Å². The number of methoxy groups -OCH3 is 2. The van der Waals surface area contributed by atoms with Crippen LogP contribution in [-0.4, -0.2) is 44.0 Å². The highest BCUT2D eigenvalue weighted by Gasteiger charge is 2.34. The van der Waals surface area contributed by atoms with E-state index in [1.807, 2.05) is 50.5 Å². The maximum atomic E-state index is 5.94. The van der Waals surface area contributed by atoms with Crippen LogP contribution in [0.5, 0.6) is 11.5 Å². The molecule has 0 aromatic heterocycles. The first kappa shape index (κ1) is 21.9. The molecule has 0 saturated carbocycles. The van der Waals surface area contributed by atoms with Gasteiger partial charge in [0, 0.05) is 0 Å². The van der Waals surface area contributed by atoms with Gasteiger partial charge in [0.15, 0.2) is 11.6 Å². The molecule has 0 spiro atoms. The molecule has 1 aromatic carbocycles. The van der Waals surface area contributed by atoms with Gasteiger partial charge in [-0.3, -0.25) is 0 Å². The minimum absolute atomic E-state index is 0.0572. The van der Waals surface area contributed by atoms with Gasteiger partial charge in [-0.25, -0.2) is 0 Å². The van der Waals surface area contributed by atoms with Crippen molar-refractivity contribution in [2.45, 2.75) is 33.2 Å². The highest BCUT2D eigenvalue weighted by atomic mass is 32.2. The first-order valence-electron chi connectivity index (χ1n) is 9.27. The molecule has 152 valence electrons. The van der Waals surface area contributed by atoms with E-state index in [9.17, 15) is 0 Å². The Labute approximate surface area is 172 Å². The monoisotopic (exact) mass is 403 g/mol. The van der Waals surface area contributed by atoms with Crippen LogP contribution >= 0.6 is 11.8 Å². The quantitative estimate of drug-likeness (QED) is 0.458. The van der Waals surface area contributed by atoms with Crippen LogP contribution < -0.4 is 14.4 Å². The standard InChI is InChI=1S/C21H29N3O3S/c1-7-9-10-12-18(27-8-2)20-22-23-21(28-6)15(3)24(20)19-16(25-4)13-11-14-17(19)26-5/h7,9,11-15H,8,10H2,1-6H3/b9-7?,18-12-. The van der Waals surface area contributed by atoms with Crippen LogP contribution in [0.25, 0.3) is 0 Å². The van der Waals surface area contributed by atoms with E-state index in [1.54, 1.807) is 26.0 Å². The summed E-state index contributed by atoms with van der Waals surface area (Å²) in [6.07, 6.45) is 8.84. The summed E-state index contributed by atoms with van der Waals surface area (Å²) < 4.78 is 17.2. The Morgan fingerprint density at radius 1 is 1.21 bits per heavy atom. The molecule has 1 aliphatic heterocycles. The lowest BCUT2D eigenvalue weighted by Gasteiger charge is -2.36. The van der Waals surface area contributed by atoms with Gasteiger partial charge in [0.25, 0.3) is 0 Å². The predicted octanol–water partition coefficient (Wildman–Crippen LogP) is 4.87. The van der Waals surface area contributed by atoms with Crippen molar-refractivity contribution >= 4 is 28.3 Å². The van der Waals surface area contributed by atoms with Crippen LogP contribution in [0.1, 0.15) is 27.2 Å². The van der Waals surface area contributed by atoms with Crippen molar-refractivity contribution in [3.05, 3.63) is 42.2 Å². The van der Waals surface area contributed by atoms with Crippen molar-refractivity contribution in [2.24, 2.45) is 10.2 Å². The second kappa shape index (κ2) is 10.8. The maximum absolute atomic E-state index is 5.94. The predicted molar refractivity (Wildman–Crippen MR) is 119 cm³/mol. The SMILES string of the molecule is CC=CC/C=C(\OCC)C1=NN=C(SC)C(C)N1c1c(OC)cccc1OC. The third-order valence-electron chi connectivity index (χ3n) is 4.26. The van der Waals surface area contributed by atoms with Gasteiger partial charge in [0.2, 0.25) is 0 Å². The molecular weight excluding hydrogens is 374 g/mol. The van der Waals surface area contributed by atoms with E-state index in [0.29, 0.717) is 29.7 Å². The molecule has 7 heteroatoms. The van der Waals surface area contributed by atoms with Gasteiger partial charge in [-0.1, -0.05) is 18.2 Å². The zero-order valence-electron chi connectivity index (χ0n) is 17.4. The summed E-state index contributed by atoms with van der Waals surface area (Å²) in [5.74, 6) is 2.72. The van der Waals surface area contributed by atoms with Crippen LogP contribution in [0.2, 0.25) is 0 Å². The molecule has 0 bridgehead atoms. The number of nitrogens with zero attached hydrogens (tertiary/aromatic N) is 3. The number of hydrogen-bond acceptors (Lipinski definition) is 7. The van der Waals surface area contributed by atoms with Gasteiger partial charge in [-0.2, -0.15) is 0 Å². The Hall–Kier alpha value is -2.41. The number of para-hydroxylation sites is 1. The van der Waals surface area contributed by atoms with Gasteiger partial charge in [0.1, 0.15) is 22.2 Å². The number of ether oxygens (including phenoxy) is 3. The molecule has 1 heterocycles. The number of thioether (sulfide) groups is 1. The van der Waals surface area contributed by atoms with E-state index >= 15 is 0 Å². The summed E-state index contributed by atoms with van der Waals surface area (Å²) in [5, 5.41) is 9.86. The molecule has 0 aliphatic carbocycles. The summed E-state index contributed by atoms with van der Waals surface area (Å²) in [4.78, 5) is 2.08. The fourth-order valence-corrected chi connectivity index (χ4v) is 3.52. The largest absolute Gasteiger partial charge is 0.494 e.